The maximum Gasteiger partial charge on any atom is 0.255 e. The van der Waals surface area contributed by atoms with Crippen molar-refractivity contribution in [2.75, 3.05) is 26.2 Å². The van der Waals surface area contributed by atoms with E-state index in [9.17, 15) is 13.2 Å². The number of rotatable bonds is 5. The van der Waals surface area contributed by atoms with Crippen LogP contribution in [0.5, 0.6) is 0 Å². The third-order valence-electron chi connectivity index (χ3n) is 5.74. The summed E-state index contributed by atoms with van der Waals surface area (Å²) in [6.07, 6.45) is 3.97. The number of piperazine rings is 1. The van der Waals surface area contributed by atoms with E-state index in [0.29, 0.717) is 32.2 Å². The lowest BCUT2D eigenvalue weighted by Gasteiger charge is -2.33. The summed E-state index contributed by atoms with van der Waals surface area (Å²) in [6.45, 7) is 5.50. The van der Waals surface area contributed by atoms with Crippen molar-refractivity contribution in [3.63, 3.8) is 0 Å². The Bertz CT molecular complexity index is 1030. The molecule has 7 heteroatoms. The van der Waals surface area contributed by atoms with Gasteiger partial charge in [0.25, 0.3) is 5.91 Å². The van der Waals surface area contributed by atoms with Crippen molar-refractivity contribution >= 4 is 22.0 Å². The van der Waals surface area contributed by atoms with Crippen LogP contribution in [0.1, 0.15) is 46.2 Å². The molecule has 0 N–H and O–H groups in total. The van der Waals surface area contributed by atoms with Crippen LogP contribution in [0.4, 0.5) is 0 Å². The van der Waals surface area contributed by atoms with Crippen LogP contribution < -0.4 is 0 Å². The Morgan fingerprint density at radius 2 is 1.69 bits per heavy atom. The summed E-state index contributed by atoms with van der Waals surface area (Å²) in [5.41, 5.74) is 3.74. The highest BCUT2D eigenvalue weighted by Crippen LogP contribution is 2.38. The molecule has 2 fully saturated rings. The van der Waals surface area contributed by atoms with Gasteiger partial charge in [0.1, 0.15) is 0 Å². The molecule has 6 nitrogen and oxygen atoms in total. The van der Waals surface area contributed by atoms with E-state index in [-0.39, 0.29) is 5.91 Å². The average Bonchev–Trinajstić information content (AvgIpc) is 3.51. The molecule has 1 aliphatic heterocycles. The smallest absolute Gasteiger partial charge is 0.255 e. The minimum atomic E-state index is -3.50. The molecule has 2 aliphatic rings. The first-order chi connectivity index (χ1) is 13.9. The second-order valence-corrected chi connectivity index (χ2v) is 9.65. The van der Waals surface area contributed by atoms with Gasteiger partial charge in [0.05, 0.1) is 5.56 Å². The van der Waals surface area contributed by atoms with E-state index in [1.807, 2.05) is 50.2 Å². The van der Waals surface area contributed by atoms with E-state index in [1.165, 1.54) is 22.6 Å². The number of hydrogen-bond acceptors (Lipinski definition) is 3. The van der Waals surface area contributed by atoms with E-state index in [2.05, 4.69) is 4.57 Å². The lowest BCUT2D eigenvalue weighted by atomic mass is 10.2. The number of aryl methyl sites for hydroxylation is 1. The van der Waals surface area contributed by atoms with Gasteiger partial charge in [0, 0.05) is 49.0 Å². The van der Waals surface area contributed by atoms with E-state index in [0.717, 1.165) is 22.5 Å². The number of aromatic nitrogens is 1. The molecule has 0 spiro atoms. The number of hydrogen-bond donors (Lipinski definition) is 0. The summed E-state index contributed by atoms with van der Waals surface area (Å²) in [5.74, 6) is 0.00174. The lowest BCUT2D eigenvalue weighted by Crippen LogP contribution is -2.50. The summed E-state index contributed by atoms with van der Waals surface area (Å²) in [7, 11) is -3.50. The molecular weight excluding hydrogens is 386 g/mol. The van der Waals surface area contributed by atoms with Crippen molar-refractivity contribution in [2.45, 2.75) is 32.7 Å². The van der Waals surface area contributed by atoms with Crippen LogP contribution in [0.15, 0.2) is 41.8 Å². The second-order valence-electron chi connectivity index (χ2n) is 7.84. The van der Waals surface area contributed by atoms with Crippen LogP contribution in [0.2, 0.25) is 0 Å². The average molecular weight is 414 g/mol. The van der Waals surface area contributed by atoms with Crippen LogP contribution in [0.3, 0.4) is 0 Å². The zero-order valence-electron chi connectivity index (χ0n) is 16.9. The Balaban J connectivity index is 1.41. The minimum Gasteiger partial charge on any atom is -0.345 e. The molecule has 0 atom stereocenters. The van der Waals surface area contributed by atoms with Crippen LogP contribution >= 0.6 is 0 Å². The van der Waals surface area contributed by atoms with E-state index in [4.69, 9.17) is 0 Å². The molecule has 2 heterocycles. The van der Waals surface area contributed by atoms with Gasteiger partial charge in [-0.25, -0.2) is 8.42 Å². The van der Waals surface area contributed by atoms with Crippen LogP contribution in [0, 0.1) is 13.8 Å². The third kappa shape index (κ3) is 4.16. The van der Waals surface area contributed by atoms with E-state index >= 15 is 0 Å². The molecular formula is C22H27N3O3S. The van der Waals surface area contributed by atoms with Gasteiger partial charge in [0.15, 0.2) is 0 Å². The normalized spacial score (nSPS) is 18.5. The van der Waals surface area contributed by atoms with Crippen molar-refractivity contribution in [1.29, 1.82) is 0 Å². The molecule has 2 aromatic rings. The number of benzene rings is 1. The van der Waals surface area contributed by atoms with Crippen molar-refractivity contribution in [3.8, 4) is 0 Å². The second kappa shape index (κ2) is 7.80. The Kier molecular flexibility index (Phi) is 5.36. The fourth-order valence-electron chi connectivity index (χ4n) is 4.02. The van der Waals surface area contributed by atoms with E-state index in [1.54, 1.807) is 11.0 Å². The van der Waals surface area contributed by atoms with Crippen LogP contribution in [-0.4, -0.2) is 54.3 Å². The molecule has 1 saturated heterocycles. The topological polar surface area (TPSA) is 62.6 Å². The van der Waals surface area contributed by atoms with Crippen molar-refractivity contribution in [3.05, 3.63) is 64.3 Å². The molecule has 29 heavy (non-hydrogen) atoms. The highest BCUT2D eigenvalue weighted by atomic mass is 32.2. The molecule has 1 aliphatic carbocycles. The molecule has 1 amide bonds. The van der Waals surface area contributed by atoms with E-state index < -0.39 is 10.0 Å². The molecule has 0 bridgehead atoms. The minimum absolute atomic E-state index is 0.00174. The number of carbonyl (C=O) groups is 1. The molecule has 1 aromatic heterocycles. The van der Waals surface area contributed by atoms with Gasteiger partial charge in [-0.2, -0.15) is 4.31 Å². The third-order valence-corrected chi connectivity index (χ3v) is 7.31. The van der Waals surface area contributed by atoms with Gasteiger partial charge in [-0.3, -0.25) is 4.79 Å². The van der Waals surface area contributed by atoms with Crippen molar-refractivity contribution in [2.24, 2.45) is 0 Å². The first-order valence-corrected chi connectivity index (χ1v) is 11.6. The SMILES string of the molecule is Cc1cc(C(=O)N2CCN(S(=O)(=O)C=Cc3ccccc3)CC2)c(C)n1C1CC1. The van der Waals surface area contributed by atoms with Crippen LogP contribution in [-0.2, 0) is 10.0 Å². The monoisotopic (exact) mass is 413 g/mol. The highest BCUT2D eigenvalue weighted by molar-refractivity contribution is 7.92. The largest absolute Gasteiger partial charge is 0.345 e. The summed E-state index contributed by atoms with van der Waals surface area (Å²) >= 11 is 0. The Morgan fingerprint density at radius 1 is 1.03 bits per heavy atom. The lowest BCUT2D eigenvalue weighted by molar-refractivity contribution is 0.0697. The quantitative estimate of drug-likeness (QED) is 0.756. The van der Waals surface area contributed by atoms with Crippen molar-refractivity contribution in [1.82, 2.24) is 13.8 Å². The summed E-state index contributed by atoms with van der Waals surface area (Å²) < 4.78 is 29.0. The molecule has 1 aromatic carbocycles. The zero-order valence-corrected chi connectivity index (χ0v) is 17.7. The molecule has 1 saturated carbocycles. The van der Waals surface area contributed by atoms with Gasteiger partial charge in [-0.1, -0.05) is 30.3 Å². The van der Waals surface area contributed by atoms with Gasteiger partial charge >= 0.3 is 0 Å². The zero-order chi connectivity index (χ0) is 20.6. The molecule has 4 rings (SSSR count). The fourth-order valence-corrected chi connectivity index (χ4v) is 5.19. The number of sulfonamides is 1. The Labute approximate surface area is 172 Å². The number of amides is 1. The highest BCUT2D eigenvalue weighted by Gasteiger charge is 2.32. The Morgan fingerprint density at radius 3 is 2.31 bits per heavy atom. The standard InChI is InChI=1S/C22H27N3O3S/c1-17-16-21(18(2)25(17)20-8-9-20)22(26)23-11-13-24(14-12-23)29(27,28)15-10-19-6-4-3-5-7-19/h3-7,10,15-16,20H,8-9,11-14H2,1-2H3. The maximum atomic E-state index is 13.0. The van der Waals surface area contributed by atoms with Gasteiger partial charge in [-0.15, -0.1) is 0 Å². The summed E-state index contributed by atoms with van der Waals surface area (Å²) in [4.78, 5) is 14.8. The molecule has 0 unspecified atom stereocenters. The number of nitrogens with zero attached hydrogens (tertiary/aromatic N) is 3. The van der Waals surface area contributed by atoms with Gasteiger partial charge < -0.3 is 9.47 Å². The first kappa shape index (κ1) is 19.9. The molecule has 0 radical (unpaired) electrons. The number of carbonyl (C=O) groups excluding carboxylic acids is 1. The fraction of sp³-hybridized carbons (Fsp3) is 0.409. The predicted octanol–water partition coefficient (Wildman–Crippen LogP) is 3.20. The molecule has 154 valence electrons. The van der Waals surface area contributed by atoms with Crippen molar-refractivity contribution < 1.29 is 13.2 Å². The Hall–Kier alpha value is -2.38. The summed E-state index contributed by atoms with van der Waals surface area (Å²) in [5, 5.41) is 1.25. The maximum absolute atomic E-state index is 13.0. The van der Waals surface area contributed by atoms with Gasteiger partial charge in [-0.05, 0) is 44.4 Å². The summed E-state index contributed by atoms with van der Waals surface area (Å²) in [6, 6.07) is 11.9. The van der Waals surface area contributed by atoms with Gasteiger partial charge in [0.2, 0.25) is 10.0 Å². The first-order valence-electron chi connectivity index (χ1n) is 10.1. The van der Waals surface area contributed by atoms with Crippen LogP contribution in [0.25, 0.3) is 6.08 Å². The predicted molar refractivity (Wildman–Crippen MR) is 114 cm³/mol.